The summed E-state index contributed by atoms with van der Waals surface area (Å²) >= 11 is 0. The quantitative estimate of drug-likeness (QED) is 0.840. The summed E-state index contributed by atoms with van der Waals surface area (Å²) in [6, 6.07) is 6.79. The highest BCUT2D eigenvalue weighted by atomic mass is 32.2. The van der Waals surface area contributed by atoms with Crippen molar-refractivity contribution in [1.82, 2.24) is 14.4 Å². The number of benzene rings is 1. The zero-order chi connectivity index (χ0) is 16.4. The average molecular weight is 335 g/mol. The molecule has 2 aromatic rings. The summed E-state index contributed by atoms with van der Waals surface area (Å²) in [5.74, 6) is 0.902. The molecule has 1 saturated heterocycles. The lowest BCUT2D eigenvalue weighted by Crippen LogP contribution is -2.30. The molecule has 7 heteroatoms. The van der Waals surface area contributed by atoms with Crippen molar-refractivity contribution in [2.75, 3.05) is 6.54 Å². The van der Waals surface area contributed by atoms with Gasteiger partial charge >= 0.3 is 0 Å². The van der Waals surface area contributed by atoms with Crippen LogP contribution in [0.1, 0.15) is 49.5 Å². The third-order valence-corrected chi connectivity index (χ3v) is 6.02. The third-order valence-electron chi connectivity index (χ3n) is 4.10. The summed E-state index contributed by atoms with van der Waals surface area (Å²) in [5, 5.41) is 3.77. The van der Waals surface area contributed by atoms with E-state index in [9.17, 15) is 8.42 Å². The monoisotopic (exact) mass is 335 g/mol. The molecule has 0 amide bonds. The number of aromatic nitrogens is 2. The minimum Gasteiger partial charge on any atom is -0.338 e. The predicted octanol–water partition coefficient (Wildman–Crippen LogP) is 2.86. The summed E-state index contributed by atoms with van der Waals surface area (Å²) in [6.45, 7) is 4.31. The molecule has 1 aliphatic heterocycles. The van der Waals surface area contributed by atoms with Crippen LogP contribution < -0.4 is 0 Å². The first-order valence-corrected chi connectivity index (χ1v) is 9.37. The van der Waals surface area contributed by atoms with Crippen molar-refractivity contribution in [3.8, 4) is 0 Å². The maximum absolute atomic E-state index is 12.9. The van der Waals surface area contributed by atoms with Gasteiger partial charge in [0.2, 0.25) is 15.9 Å². The Hall–Kier alpha value is -1.73. The average Bonchev–Trinajstić information content (AvgIpc) is 3.17. The van der Waals surface area contributed by atoms with Gasteiger partial charge in [-0.25, -0.2) is 8.42 Å². The third kappa shape index (κ3) is 3.16. The molecule has 0 aliphatic carbocycles. The van der Waals surface area contributed by atoms with E-state index in [2.05, 4.69) is 17.1 Å². The van der Waals surface area contributed by atoms with E-state index in [1.54, 1.807) is 19.1 Å². The number of hydrogen-bond acceptors (Lipinski definition) is 5. The lowest BCUT2D eigenvalue weighted by Gasteiger charge is -2.21. The Morgan fingerprint density at radius 1 is 1.30 bits per heavy atom. The Labute approximate surface area is 136 Å². The zero-order valence-electron chi connectivity index (χ0n) is 13.4. The van der Waals surface area contributed by atoms with E-state index in [4.69, 9.17) is 4.52 Å². The molecule has 3 rings (SSSR count). The summed E-state index contributed by atoms with van der Waals surface area (Å²) in [4.78, 5) is 4.52. The van der Waals surface area contributed by atoms with E-state index >= 15 is 0 Å². The standard InChI is InChI=1S/C16H21N3O3S/c1-3-5-13-7-9-14(10-8-13)23(20,21)19-11-4-6-15(19)16-17-12(2)18-22-16/h7-10,15H,3-6,11H2,1-2H3. The summed E-state index contributed by atoms with van der Waals surface area (Å²) < 4.78 is 32.5. The summed E-state index contributed by atoms with van der Waals surface area (Å²) in [5.41, 5.74) is 1.15. The SMILES string of the molecule is CCCc1ccc(S(=O)(=O)N2CCCC2c2nc(C)no2)cc1. The van der Waals surface area contributed by atoms with Crippen LogP contribution in [0.5, 0.6) is 0 Å². The van der Waals surface area contributed by atoms with Crippen LogP contribution in [0.4, 0.5) is 0 Å². The Bertz CT molecular complexity index is 768. The van der Waals surface area contributed by atoms with Gasteiger partial charge in [0, 0.05) is 6.54 Å². The fourth-order valence-corrected chi connectivity index (χ4v) is 4.63. The fraction of sp³-hybridized carbons (Fsp3) is 0.500. The van der Waals surface area contributed by atoms with Gasteiger partial charge in [-0.1, -0.05) is 30.6 Å². The van der Waals surface area contributed by atoms with E-state index in [0.29, 0.717) is 29.6 Å². The van der Waals surface area contributed by atoms with Crippen LogP contribution in [0.2, 0.25) is 0 Å². The highest BCUT2D eigenvalue weighted by Gasteiger charge is 2.39. The first-order chi connectivity index (χ1) is 11.0. The number of sulfonamides is 1. The molecule has 2 heterocycles. The predicted molar refractivity (Wildman–Crippen MR) is 85.3 cm³/mol. The summed E-state index contributed by atoms with van der Waals surface area (Å²) in [6.07, 6.45) is 3.48. The van der Waals surface area contributed by atoms with Gasteiger partial charge in [-0.05, 0) is 43.9 Å². The normalized spacial score (nSPS) is 19.3. The van der Waals surface area contributed by atoms with Crippen molar-refractivity contribution in [2.24, 2.45) is 0 Å². The van der Waals surface area contributed by atoms with E-state index in [0.717, 1.165) is 24.8 Å². The molecular formula is C16H21N3O3S. The molecule has 1 fully saturated rings. The van der Waals surface area contributed by atoms with Gasteiger partial charge < -0.3 is 4.52 Å². The second kappa shape index (κ2) is 6.41. The van der Waals surface area contributed by atoms with Gasteiger partial charge in [0.1, 0.15) is 6.04 Å². The molecule has 1 unspecified atom stereocenters. The Morgan fingerprint density at radius 2 is 2.04 bits per heavy atom. The molecule has 0 spiro atoms. The lowest BCUT2D eigenvalue weighted by atomic mass is 10.1. The van der Waals surface area contributed by atoms with E-state index in [1.807, 2.05) is 12.1 Å². The first kappa shape index (κ1) is 16.1. The topological polar surface area (TPSA) is 76.3 Å². The second-order valence-corrected chi connectivity index (χ2v) is 7.74. The highest BCUT2D eigenvalue weighted by molar-refractivity contribution is 7.89. The van der Waals surface area contributed by atoms with Gasteiger partial charge in [0.15, 0.2) is 5.82 Å². The van der Waals surface area contributed by atoms with Crippen molar-refractivity contribution < 1.29 is 12.9 Å². The minimum absolute atomic E-state index is 0.320. The minimum atomic E-state index is -3.55. The molecule has 0 radical (unpaired) electrons. The van der Waals surface area contributed by atoms with Crippen LogP contribution >= 0.6 is 0 Å². The van der Waals surface area contributed by atoms with Crippen LogP contribution in [-0.4, -0.2) is 29.4 Å². The van der Waals surface area contributed by atoms with Crippen molar-refractivity contribution in [3.63, 3.8) is 0 Å². The van der Waals surface area contributed by atoms with Gasteiger partial charge in [-0.2, -0.15) is 9.29 Å². The van der Waals surface area contributed by atoms with E-state index < -0.39 is 10.0 Å². The first-order valence-electron chi connectivity index (χ1n) is 7.93. The van der Waals surface area contributed by atoms with Crippen molar-refractivity contribution >= 4 is 10.0 Å². The van der Waals surface area contributed by atoms with Crippen molar-refractivity contribution in [3.05, 3.63) is 41.5 Å². The Morgan fingerprint density at radius 3 is 2.65 bits per heavy atom. The van der Waals surface area contributed by atoms with Gasteiger partial charge in [-0.15, -0.1) is 0 Å². The number of nitrogens with zero attached hydrogens (tertiary/aromatic N) is 3. The second-order valence-electron chi connectivity index (χ2n) is 5.85. The zero-order valence-corrected chi connectivity index (χ0v) is 14.2. The van der Waals surface area contributed by atoms with Crippen LogP contribution in [0.3, 0.4) is 0 Å². The van der Waals surface area contributed by atoms with Crippen LogP contribution in [-0.2, 0) is 16.4 Å². The highest BCUT2D eigenvalue weighted by Crippen LogP contribution is 2.35. The van der Waals surface area contributed by atoms with Crippen LogP contribution in [0.25, 0.3) is 0 Å². The lowest BCUT2D eigenvalue weighted by molar-refractivity contribution is 0.289. The van der Waals surface area contributed by atoms with E-state index in [-0.39, 0.29) is 6.04 Å². The van der Waals surface area contributed by atoms with Gasteiger partial charge in [-0.3, -0.25) is 0 Å². The molecule has 1 aromatic heterocycles. The van der Waals surface area contributed by atoms with Crippen molar-refractivity contribution in [1.29, 1.82) is 0 Å². The van der Waals surface area contributed by atoms with Crippen LogP contribution in [0.15, 0.2) is 33.7 Å². The molecule has 124 valence electrons. The molecule has 6 nitrogen and oxygen atoms in total. The molecule has 0 bridgehead atoms. The Balaban J connectivity index is 1.88. The molecular weight excluding hydrogens is 314 g/mol. The maximum atomic E-state index is 12.9. The molecule has 23 heavy (non-hydrogen) atoms. The maximum Gasteiger partial charge on any atom is 0.245 e. The molecule has 0 saturated carbocycles. The molecule has 1 atom stereocenters. The van der Waals surface area contributed by atoms with Crippen LogP contribution in [0, 0.1) is 6.92 Å². The largest absolute Gasteiger partial charge is 0.338 e. The summed E-state index contributed by atoms with van der Waals surface area (Å²) in [7, 11) is -3.55. The number of rotatable bonds is 5. The fourth-order valence-electron chi connectivity index (χ4n) is 2.98. The molecule has 1 aliphatic rings. The van der Waals surface area contributed by atoms with Crippen molar-refractivity contribution in [2.45, 2.75) is 50.5 Å². The van der Waals surface area contributed by atoms with Gasteiger partial charge in [0.25, 0.3) is 0 Å². The smallest absolute Gasteiger partial charge is 0.245 e. The number of aryl methyl sites for hydroxylation is 2. The van der Waals surface area contributed by atoms with Gasteiger partial charge in [0.05, 0.1) is 4.90 Å². The molecule has 1 aromatic carbocycles. The Kier molecular flexibility index (Phi) is 4.50. The molecule has 0 N–H and O–H groups in total. The van der Waals surface area contributed by atoms with E-state index in [1.165, 1.54) is 4.31 Å². The number of hydrogen-bond donors (Lipinski definition) is 0.